The van der Waals surface area contributed by atoms with Crippen molar-refractivity contribution in [3.8, 4) is 0 Å². The first-order valence-electron chi connectivity index (χ1n) is 12.1. The molecule has 0 aliphatic carbocycles. The average molecular weight is 541 g/mol. The second-order valence-electron chi connectivity index (χ2n) is 9.56. The van der Waals surface area contributed by atoms with E-state index < -0.39 is 21.1 Å². The zero-order chi connectivity index (χ0) is 26.2. The van der Waals surface area contributed by atoms with E-state index in [4.69, 9.17) is 0 Å². The molecule has 0 bridgehead atoms. The van der Waals surface area contributed by atoms with Crippen molar-refractivity contribution in [2.24, 2.45) is 14.1 Å². The van der Waals surface area contributed by atoms with Crippen molar-refractivity contribution in [1.29, 1.82) is 0 Å². The number of hydrogen-bond acceptors (Lipinski definition) is 8. The predicted octanol–water partition coefficient (Wildman–Crippen LogP) is 0.302. The quantitative estimate of drug-likeness (QED) is 0.305. The first-order valence-corrected chi connectivity index (χ1v) is 15.0. The molecule has 2 aromatic heterocycles. The van der Waals surface area contributed by atoms with E-state index in [2.05, 4.69) is 15.6 Å². The molecular weight excluding hydrogens is 508 g/mol. The van der Waals surface area contributed by atoms with Crippen molar-refractivity contribution in [3.63, 3.8) is 0 Å². The standard InChI is InChI=1S/C22H32N6O6S2/c1-26-17-18(25-21(26)36(3,33)34)28(22(32)27(2)19(17)30)11-7-6-9-13(29)8-4-5-10-15-16-14(12-35-15)23-20(31)24-16/h14-16H,4-12H2,1-3H3,(H2,23,24,31)/t14?,15-,16?/m0/s1. The topological polar surface area (TPSA) is 154 Å². The maximum Gasteiger partial charge on any atom is 0.332 e. The number of imidazole rings is 1. The Morgan fingerprint density at radius 2 is 1.75 bits per heavy atom. The van der Waals surface area contributed by atoms with Crippen molar-refractivity contribution >= 4 is 44.6 Å². The molecule has 198 valence electrons. The van der Waals surface area contributed by atoms with Crippen LogP contribution in [0.15, 0.2) is 14.7 Å². The van der Waals surface area contributed by atoms with Crippen molar-refractivity contribution in [3.05, 3.63) is 20.8 Å². The molecule has 2 aliphatic rings. The number of ketones is 1. The highest BCUT2D eigenvalue weighted by Gasteiger charge is 2.42. The Labute approximate surface area is 212 Å². The second-order valence-corrected chi connectivity index (χ2v) is 12.7. The van der Waals surface area contributed by atoms with Gasteiger partial charge < -0.3 is 15.2 Å². The van der Waals surface area contributed by atoms with Gasteiger partial charge in [-0.05, 0) is 25.7 Å². The van der Waals surface area contributed by atoms with Gasteiger partial charge in [0.05, 0.1) is 12.1 Å². The van der Waals surface area contributed by atoms with E-state index in [0.29, 0.717) is 30.9 Å². The lowest BCUT2D eigenvalue weighted by molar-refractivity contribution is -0.119. The number of urea groups is 1. The molecule has 14 heteroatoms. The Morgan fingerprint density at radius 3 is 2.44 bits per heavy atom. The van der Waals surface area contributed by atoms with Crippen LogP contribution in [0, 0.1) is 0 Å². The van der Waals surface area contributed by atoms with Gasteiger partial charge in [0.15, 0.2) is 11.2 Å². The number of Topliss-reactive ketones (excluding diaryl/α,β-unsaturated/α-hetero) is 1. The Bertz CT molecular complexity index is 1410. The van der Waals surface area contributed by atoms with Crippen LogP contribution in [0.25, 0.3) is 11.2 Å². The van der Waals surface area contributed by atoms with E-state index >= 15 is 0 Å². The number of fused-ring (bicyclic) bond motifs is 2. The summed E-state index contributed by atoms with van der Waals surface area (Å²) in [5, 5.41) is 6.02. The molecule has 0 saturated carbocycles. The minimum absolute atomic E-state index is 0.0398. The van der Waals surface area contributed by atoms with E-state index in [-0.39, 0.29) is 46.8 Å². The zero-order valence-corrected chi connectivity index (χ0v) is 22.3. The molecule has 2 unspecified atom stereocenters. The smallest absolute Gasteiger partial charge is 0.332 e. The lowest BCUT2D eigenvalue weighted by Gasteiger charge is -2.16. The maximum absolute atomic E-state index is 12.7. The van der Waals surface area contributed by atoms with Crippen LogP contribution in [0.5, 0.6) is 0 Å². The van der Waals surface area contributed by atoms with Crippen molar-refractivity contribution in [2.45, 2.75) is 74.0 Å². The first-order chi connectivity index (χ1) is 17.0. The molecular formula is C22H32N6O6S2. The largest absolute Gasteiger partial charge is 0.332 e. The monoisotopic (exact) mass is 540 g/mol. The number of thioether (sulfide) groups is 1. The lowest BCUT2D eigenvalue weighted by Crippen LogP contribution is -2.38. The van der Waals surface area contributed by atoms with E-state index in [9.17, 15) is 27.6 Å². The number of nitrogens with one attached hydrogen (secondary N) is 2. The average Bonchev–Trinajstić information content (AvgIpc) is 3.47. The molecule has 2 fully saturated rings. The van der Waals surface area contributed by atoms with Gasteiger partial charge in [-0.25, -0.2) is 18.0 Å². The van der Waals surface area contributed by atoms with Gasteiger partial charge in [-0.15, -0.1) is 0 Å². The summed E-state index contributed by atoms with van der Waals surface area (Å²) >= 11 is 1.87. The number of rotatable bonds is 11. The third-order valence-corrected chi connectivity index (χ3v) is 9.40. The first kappa shape index (κ1) is 26.5. The molecule has 0 spiro atoms. The summed E-state index contributed by atoms with van der Waals surface area (Å²) in [5.41, 5.74) is -1.09. The number of carbonyl (C=O) groups is 2. The molecule has 0 radical (unpaired) electrons. The van der Waals surface area contributed by atoms with Crippen LogP contribution < -0.4 is 21.9 Å². The molecule has 12 nitrogen and oxygen atoms in total. The van der Waals surface area contributed by atoms with Crippen LogP contribution in [0.2, 0.25) is 0 Å². The van der Waals surface area contributed by atoms with E-state index in [0.717, 1.165) is 35.8 Å². The van der Waals surface area contributed by atoms with Crippen LogP contribution in [-0.4, -0.2) is 68.3 Å². The molecule has 2 amide bonds. The summed E-state index contributed by atoms with van der Waals surface area (Å²) in [6.45, 7) is 0.220. The Balaban J connectivity index is 1.27. The highest BCUT2D eigenvalue weighted by Crippen LogP contribution is 2.33. The molecule has 2 N–H and O–H groups in total. The SMILES string of the molecule is Cn1c(=O)c2c(nc(S(C)(=O)=O)n2C)n(CCCCC(=O)CCCC[C@@H]2SCC3NC(=O)NC32)c1=O. The third-order valence-electron chi connectivity index (χ3n) is 6.87. The fourth-order valence-electron chi connectivity index (χ4n) is 4.97. The maximum atomic E-state index is 12.7. The van der Waals surface area contributed by atoms with Gasteiger partial charge in [0, 0.05) is 50.7 Å². The number of hydrogen-bond donors (Lipinski definition) is 2. The highest BCUT2D eigenvalue weighted by atomic mass is 32.2. The summed E-state index contributed by atoms with van der Waals surface area (Å²) < 4.78 is 27.6. The van der Waals surface area contributed by atoms with Crippen molar-refractivity contribution in [1.82, 2.24) is 29.3 Å². The lowest BCUT2D eigenvalue weighted by atomic mass is 10.0. The van der Waals surface area contributed by atoms with Crippen molar-refractivity contribution in [2.75, 3.05) is 12.0 Å². The summed E-state index contributed by atoms with van der Waals surface area (Å²) in [4.78, 5) is 53.2. The van der Waals surface area contributed by atoms with Crippen LogP contribution in [0.3, 0.4) is 0 Å². The number of aromatic nitrogens is 4. The fraction of sp³-hybridized carbons (Fsp3) is 0.682. The van der Waals surface area contributed by atoms with E-state index in [1.54, 1.807) is 0 Å². The van der Waals surface area contributed by atoms with Gasteiger partial charge in [-0.2, -0.15) is 16.7 Å². The fourth-order valence-corrected chi connectivity index (χ4v) is 7.35. The van der Waals surface area contributed by atoms with Crippen LogP contribution >= 0.6 is 11.8 Å². The summed E-state index contributed by atoms with van der Waals surface area (Å²) in [7, 11) is -0.912. The Kier molecular flexibility index (Phi) is 7.64. The molecule has 4 heterocycles. The van der Waals surface area contributed by atoms with Gasteiger partial charge >= 0.3 is 11.7 Å². The van der Waals surface area contributed by atoms with Crippen LogP contribution in [-0.2, 0) is 35.3 Å². The number of aryl methyl sites for hydroxylation is 2. The normalized spacial score (nSPS) is 21.5. The summed E-state index contributed by atoms with van der Waals surface area (Å²) in [6, 6.07) is 0.294. The third kappa shape index (κ3) is 5.24. The van der Waals surface area contributed by atoms with Gasteiger partial charge in [-0.1, -0.05) is 6.42 Å². The van der Waals surface area contributed by atoms with Gasteiger partial charge in [0.2, 0.25) is 15.0 Å². The second kappa shape index (κ2) is 10.4. The van der Waals surface area contributed by atoms with Gasteiger partial charge in [-0.3, -0.25) is 18.7 Å². The zero-order valence-electron chi connectivity index (χ0n) is 20.7. The van der Waals surface area contributed by atoms with Gasteiger partial charge in [0.1, 0.15) is 5.78 Å². The molecule has 2 aliphatic heterocycles. The summed E-state index contributed by atoms with van der Waals surface area (Å²) in [5.74, 6) is 1.09. The molecule has 4 rings (SSSR count). The van der Waals surface area contributed by atoms with Crippen molar-refractivity contribution < 1.29 is 18.0 Å². The van der Waals surface area contributed by atoms with E-state index in [1.807, 2.05) is 11.8 Å². The Morgan fingerprint density at radius 1 is 1.06 bits per heavy atom. The summed E-state index contributed by atoms with van der Waals surface area (Å²) in [6.07, 6.45) is 5.67. The minimum atomic E-state index is -3.69. The molecule has 36 heavy (non-hydrogen) atoms. The minimum Gasteiger partial charge on any atom is -0.332 e. The number of nitrogens with zero attached hydrogens (tertiary/aromatic N) is 4. The van der Waals surface area contributed by atoms with E-state index in [1.165, 1.54) is 23.2 Å². The highest BCUT2D eigenvalue weighted by molar-refractivity contribution is 8.00. The number of amides is 2. The van der Waals surface area contributed by atoms with Crippen LogP contribution in [0.1, 0.15) is 44.9 Å². The van der Waals surface area contributed by atoms with Gasteiger partial charge in [0.25, 0.3) is 5.56 Å². The number of sulfone groups is 1. The predicted molar refractivity (Wildman–Crippen MR) is 136 cm³/mol. The molecule has 0 aromatic carbocycles. The molecule has 2 aromatic rings. The molecule has 2 saturated heterocycles. The number of carbonyl (C=O) groups excluding carboxylic acids is 2. The Hall–Kier alpha value is -2.61. The molecule has 3 atom stereocenters. The van der Waals surface area contributed by atoms with Crippen LogP contribution in [0.4, 0.5) is 4.79 Å². The number of unbranched alkanes of at least 4 members (excludes halogenated alkanes) is 2.